The lowest BCUT2D eigenvalue weighted by atomic mass is 10.1. The SMILES string of the molecule is Cc1ccc(C)c(Nc2ccc(C(=O)Nc3ccc4c(c3)OCO4)nc2)c1. The van der Waals surface area contributed by atoms with Gasteiger partial charge in [0.15, 0.2) is 11.5 Å². The van der Waals surface area contributed by atoms with E-state index in [1.165, 1.54) is 5.56 Å². The molecule has 2 heterocycles. The molecule has 1 aliphatic rings. The molecule has 27 heavy (non-hydrogen) atoms. The summed E-state index contributed by atoms with van der Waals surface area (Å²) in [7, 11) is 0. The van der Waals surface area contributed by atoms with E-state index in [0.29, 0.717) is 22.9 Å². The van der Waals surface area contributed by atoms with Crippen LogP contribution in [-0.2, 0) is 0 Å². The van der Waals surface area contributed by atoms with E-state index >= 15 is 0 Å². The standard InChI is InChI=1S/C21H19N3O3/c1-13-3-4-14(2)18(9-13)23-16-5-7-17(22-11-16)21(25)24-15-6-8-19-20(10-15)27-12-26-19/h3-11,23H,12H2,1-2H3,(H,24,25). The van der Waals surface area contributed by atoms with E-state index in [1.54, 1.807) is 30.5 Å². The molecule has 136 valence electrons. The van der Waals surface area contributed by atoms with E-state index in [0.717, 1.165) is 16.9 Å². The lowest BCUT2D eigenvalue weighted by Gasteiger charge is -2.11. The number of benzene rings is 2. The van der Waals surface area contributed by atoms with Gasteiger partial charge >= 0.3 is 0 Å². The van der Waals surface area contributed by atoms with E-state index in [9.17, 15) is 4.79 Å². The van der Waals surface area contributed by atoms with Gasteiger partial charge in [0.25, 0.3) is 5.91 Å². The summed E-state index contributed by atoms with van der Waals surface area (Å²) in [6.07, 6.45) is 1.65. The molecule has 0 saturated carbocycles. The number of ether oxygens (including phenoxy) is 2. The fraction of sp³-hybridized carbons (Fsp3) is 0.143. The van der Waals surface area contributed by atoms with Crippen LogP contribution in [0.25, 0.3) is 0 Å². The first-order valence-corrected chi connectivity index (χ1v) is 8.60. The number of hydrogen-bond acceptors (Lipinski definition) is 5. The molecule has 2 aromatic carbocycles. The zero-order chi connectivity index (χ0) is 18.8. The quantitative estimate of drug-likeness (QED) is 0.719. The average molecular weight is 361 g/mol. The van der Waals surface area contributed by atoms with Gasteiger partial charge in [-0.25, -0.2) is 4.98 Å². The summed E-state index contributed by atoms with van der Waals surface area (Å²) in [6, 6.07) is 15.0. The number of nitrogens with one attached hydrogen (secondary N) is 2. The molecule has 2 N–H and O–H groups in total. The minimum atomic E-state index is -0.285. The van der Waals surface area contributed by atoms with Gasteiger partial charge in [-0.05, 0) is 55.3 Å². The predicted octanol–water partition coefficient (Wildman–Crippen LogP) is 4.42. The van der Waals surface area contributed by atoms with Crippen LogP contribution < -0.4 is 20.1 Å². The number of pyridine rings is 1. The number of fused-ring (bicyclic) bond motifs is 1. The van der Waals surface area contributed by atoms with Crippen LogP contribution in [0.3, 0.4) is 0 Å². The first kappa shape index (κ1) is 16.9. The number of rotatable bonds is 4. The molecular weight excluding hydrogens is 342 g/mol. The second kappa shape index (κ2) is 6.99. The number of carbonyl (C=O) groups excluding carboxylic acids is 1. The van der Waals surface area contributed by atoms with Crippen molar-refractivity contribution in [1.82, 2.24) is 4.98 Å². The Labute approximate surface area is 157 Å². The van der Waals surface area contributed by atoms with Crippen molar-refractivity contribution in [3.05, 3.63) is 71.5 Å². The summed E-state index contributed by atoms with van der Waals surface area (Å²) in [6.45, 7) is 4.29. The van der Waals surface area contributed by atoms with Crippen molar-refractivity contribution in [3.8, 4) is 11.5 Å². The van der Waals surface area contributed by atoms with E-state index < -0.39 is 0 Å². The second-order valence-electron chi connectivity index (χ2n) is 6.40. The summed E-state index contributed by atoms with van der Waals surface area (Å²) in [5, 5.41) is 6.15. The fourth-order valence-corrected chi connectivity index (χ4v) is 2.80. The molecule has 3 aromatic rings. The first-order valence-electron chi connectivity index (χ1n) is 8.60. The van der Waals surface area contributed by atoms with Crippen molar-refractivity contribution in [2.75, 3.05) is 17.4 Å². The molecule has 6 nitrogen and oxygen atoms in total. The Morgan fingerprint density at radius 1 is 0.963 bits per heavy atom. The van der Waals surface area contributed by atoms with E-state index in [4.69, 9.17) is 9.47 Å². The van der Waals surface area contributed by atoms with E-state index in [1.807, 2.05) is 19.9 Å². The molecular formula is C21H19N3O3. The van der Waals surface area contributed by atoms with Gasteiger partial charge in [0.2, 0.25) is 6.79 Å². The number of amides is 1. The van der Waals surface area contributed by atoms with Crippen LogP contribution in [0.5, 0.6) is 11.5 Å². The molecule has 1 amide bonds. The van der Waals surface area contributed by atoms with Crippen LogP contribution in [0.2, 0.25) is 0 Å². The third-order valence-corrected chi connectivity index (χ3v) is 4.30. The van der Waals surface area contributed by atoms with Crippen molar-refractivity contribution in [1.29, 1.82) is 0 Å². The number of aryl methyl sites for hydroxylation is 2. The molecule has 1 aromatic heterocycles. The lowest BCUT2D eigenvalue weighted by molar-refractivity contribution is 0.102. The lowest BCUT2D eigenvalue weighted by Crippen LogP contribution is -2.13. The highest BCUT2D eigenvalue weighted by Gasteiger charge is 2.15. The van der Waals surface area contributed by atoms with Crippen molar-refractivity contribution in [2.45, 2.75) is 13.8 Å². The molecule has 1 aliphatic heterocycles. The largest absolute Gasteiger partial charge is 0.454 e. The summed E-state index contributed by atoms with van der Waals surface area (Å²) in [4.78, 5) is 16.7. The molecule has 4 rings (SSSR count). The number of anilines is 3. The van der Waals surface area contributed by atoms with E-state index in [-0.39, 0.29) is 12.7 Å². The van der Waals surface area contributed by atoms with Crippen LogP contribution in [0, 0.1) is 13.8 Å². The summed E-state index contributed by atoms with van der Waals surface area (Å²) < 4.78 is 10.6. The van der Waals surface area contributed by atoms with Crippen LogP contribution in [0.15, 0.2) is 54.7 Å². The Morgan fingerprint density at radius 3 is 2.59 bits per heavy atom. The van der Waals surface area contributed by atoms with E-state index in [2.05, 4.69) is 33.8 Å². The number of nitrogens with zero attached hydrogens (tertiary/aromatic N) is 1. The maximum atomic E-state index is 12.4. The first-order chi connectivity index (χ1) is 13.1. The Morgan fingerprint density at radius 2 is 1.78 bits per heavy atom. The maximum absolute atomic E-state index is 12.4. The van der Waals surface area contributed by atoms with Crippen molar-refractivity contribution >= 4 is 23.0 Å². The van der Waals surface area contributed by atoms with Gasteiger partial charge < -0.3 is 20.1 Å². The summed E-state index contributed by atoms with van der Waals surface area (Å²) in [5.41, 5.74) is 5.13. The number of aromatic nitrogens is 1. The molecule has 0 aliphatic carbocycles. The predicted molar refractivity (Wildman–Crippen MR) is 104 cm³/mol. The topological polar surface area (TPSA) is 72.5 Å². The molecule has 0 bridgehead atoms. The Balaban J connectivity index is 1.45. The van der Waals surface area contributed by atoms with Gasteiger partial charge in [-0.3, -0.25) is 4.79 Å². The zero-order valence-corrected chi connectivity index (χ0v) is 15.1. The highest BCUT2D eigenvalue weighted by atomic mass is 16.7. The summed E-state index contributed by atoms with van der Waals surface area (Å²) in [5.74, 6) is 1.01. The molecule has 0 fully saturated rings. The monoisotopic (exact) mass is 361 g/mol. The molecule has 0 spiro atoms. The van der Waals surface area contributed by atoms with Gasteiger partial charge in [0, 0.05) is 17.4 Å². The van der Waals surface area contributed by atoms with Gasteiger partial charge in [-0.15, -0.1) is 0 Å². The minimum absolute atomic E-state index is 0.198. The smallest absolute Gasteiger partial charge is 0.274 e. The molecule has 6 heteroatoms. The Hall–Kier alpha value is -3.54. The van der Waals surface area contributed by atoms with Crippen LogP contribution in [-0.4, -0.2) is 17.7 Å². The Kier molecular flexibility index (Phi) is 4.38. The normalized spacial score (nSPS) is 11.9. The van der Waals surface area contributed by atoms with Gasteiger partial charge in [0.05, 0.1) is 11.9 Å². The minimum Gasteiger partial charge on any atom is -0.454 e. The highest BCUT2D eigenvalue weighted by Crippen LogP contribution is 2.34. The average Bonchev–Trinajstić information content (AvgIpc) is 3.13. The van der Waals surface area contributed by atoms with Crippen molar-refractivity contribution in [2.24, 2.45) is 0 Å². The highest BCUT2D eigenvalue weighted by molar-refractivity contribution is 6.03. The summed E-state index contributed by atoms with van der Waals surface area (Å²) >= 11 is 0. The molecule has 0 radical (unpaired) electrons. The zero-order valence-electron chi connectivity index (χ0n) is 15.1. The second-order valence-corrected chi connectivity index (χ2v) is 6.40. The van der Waals surface area contributed by atoms with Gasteiger partial charge in [-0.2, -0.15) is 0 Å². The Bertz CT molecular complexity index is 1000. The molecule has 0 saturated heterocycles. The van der Waals surface area contributed by atoms with Crippen LogP contribution in [0.1, 0.15) is 21.6 Å². The van der Waals surface area contributed by atoms with Crippen LogP contribution in [0.4, 0.5) is 17.1 Å². The molecule has 0 atom stereocenters. The van der Waals surface area contributed by atoms with Gasteiger partial charge in [-0.1, -0.05) is 12.1 Å². The van der Waals surface area contributed by atoms with Crippen LogP contribution >= 0.6 is 0 Å². The maximum Gasteiger partial charge on any atom is 0.274 e. The number of carbonyl (C=O) groups is 1. The third-order valence-electron chi connectivity index (χ3n) is 4.30. The molecule has 0 unspecified atom stereocenters. The van der Waals surface area contributed by atoms with Crippen molar-refractivity contribution in [3.63, 3.8) is 0 Å². The fourth-order valence-electron chi connectivity index (χ4n) is 2.80. The van der Waals surface area contributed by atoms with Gasteiger partial charge in [0.1, 0.15) is 5.69 Å². The third kappa shape index (κ3) is 3.69. The number of hydrogen-bond donors (Lipinski definition) is 2. The van der Waals surface area contributed by atoms with Crippen molar-refractivity contribution < 1.29 is 14.3 Å².